The Bertz CT molecular complexity index is 369. The summed E-state index contributed by atoms with van der Waals surface area (Å²) in [6.45, 7) is -0.749. The van der Waals surface area contributed by atoms with Crippen LogP contribution in [0.4, 0.5) is 13.2 Å². The van der Waals surface area contributed by atoms with E-state index in [9.17, 15) is 13.2 Å². The maximum Gasteiger partial charge on any atom is 0.574 e. The smallest absolute Gasteiger partial charge is 0.504 e. The lowest BCUT2D eigenvalue weighted by Crippen LogP contribution is -2.18. The number of hydrogen-bond acceptors (Lipinski definition) is 4. The Morgan fingerprint density at radius 1 is 1.47 bits per heavy atom. The Balaban J connectivity index is 3.06. The highest BCUT2D eigenvalue weighted by atomic mass is 35.5. The molecule has 0 unspecified atom stereocenters. The molecule has 4 nitrogen and oxygen atoms in total. The Morgan fingerprint density at radius 2 is 2.07 bits per heavy atom. The van der Waals surface area contributed by atoms with Crippen molar-refractivity contribution in [3.8, 4) is 11.6 Å². The predicted octanol–water partition coefficient (Wildman–Crippen LogP) is 1.83. The molecule has 2 N–H and O–H groups in total. The predicted molar refractivity (Wildman–Crippen MR) is 43.5 cm³/mol. The van der Waals surface area contributed by atoms with Gasteiger partial charge in [-0.3, -0.25) is 0 Å². The molecule has 0 atom stereocenters. The van der Waals surface area contributed by atoms with Crippen molar-refractivity contribution in [2.75, 3.05) is 0 Å². The average Bonchev–Trinajstić information content (AvgIpc) is 2.08. The summed E-state index contributed by atoms with van der Waals surface area (Å²) in [7, 11) is 0. The van der Waals surface area contributed by atoms with Crippen LogP contribution >= 0.6 is 11.6 Å². The Labute approximate surface area is 86.9 Å². The van der Waals surface area contributed by atoms with Gasteiger partial charge >= 0.3 is 6.36 Å². The lowest BCUT2D eigenvalue weighted by Gasteiger charge is -2.10. The summed E-state index contributed by atoms with van der Waals surface area (Å²) in [4.78, 5) is 3.21. The fourth-order valence-corrected chi connectivity index (χ4v) is 1.02. The zero-order valence-corrected chi connectivity index (χ0v) is 7.80. The van der Waals surface area contributed by atoms with Gasteiger partial charge in [0.25, 0.3) is 0 Å². The van der Waals surface area contributed by atoms with Crippen LogP contribution in [0.3, 0.4) is 0 Å². The third kappa shape index (κ3) is 3.14. The van der Waals surface area contributed by atoms with Gasteiger partial charge in [0.05, 0.1) is 11.6 Å². The molecule has 0 aliphatic heterocycles. The molecule has 0 saturated carbocycles. The summed E-state index contributed by atoms with van der Waals surface area (Å²) in [6.07, 6.45) is -4.90. The van der Waals surface area contributed by atoms with Crippen molar-refractivity contribution in [1.82, 2.24) is 4.98 Å². The van der Waals surface area contributed by atoms with Crippen LogP contribution in [0.5, 0.6) is 11.6 Å². The first-order valence-corrected chi connectivity index (χ1v) is 3.96. The number of aliphatic hydroxyl groups is 1. The summed E-state index contributed by atoms with van der Waals surface area (Å²) in [5, 5.41) is 17.4. The summed E-state index contributed by atoms with van der Waals surface area (Å²) < 4.78 is 38.8. The van der Waals surface area contributed by atoms with E-state index in [1.165, 1.54) is 0 Å². The highest BCUT2D eigenvalue weighted by molar-refractivity contribution is 6.32. The second-order valence-electron chi connectivity index (χ2n) is 2.44. The average molecular weight is 244 g/mol. The maximum absolute atomic E-state index is 11.8. The molecular formula is C7H5ClF3NO3. The Morgan fingerprint density at radius 3 is 2.53 bits per heavy atom. The van der Waals surface area contributed by atoms with Crippen molar-refractivity contribution < 1.29 is 28.1 Å². The number of nitrogens with zero attached hydrogens (tertiary/aromatic N) is 1. The fourth-order valence-electron chi connectivity index (χ4n) is 0.814. The van der Waals surface area contributed by atoms with Crippen LogP contribution in [0.25, 0.3) is 0 Å². The molecule has 0 spiro atoms. The zero-order valence-electron chi connectivity index (χ0n) is 7.05. The molecule has 0 saturated heterocycles. The molecule has 1 heterocycles. The van der Waals surface area contributed by atoms with Crippen LogP contribution in [-0.2, 0) is 6.61 Å². The van der Waals surface area contributed by atoms with E-state index in [-0.39, 0.29) is 10.7 Å². The number of aromatic nitrogens is 1. The molecule has 1 rings (SSSR count). The molecule has 0 radical (unpaired) electrons. The summed E-state index contributed by atoms with van der Waals surface area (Å²) in [5.74, 6) is -1.41. The number of hydrogen-bond donors (Lipinski definition) is 2. The number of aromatic hydroxyl groups is 1. The first-order valence-electron chi connectivity index (χ1n) is 3.58. The first-order chi connectivity index (χ1) is 6.83. The minimum Gasteiger partial charge on any atom is -0.504 e. The topological polar surface area (TPSA) is 62.6 Å². The zero-order chi connectivity index (χ0) is 11.6. The van der Waals surface area contributed by atoms with E-state index in [0.29, 0.717) is 6.07 Å². The van der Waals surface area contributed by atoms with Crippen LogP contribution in [0, 0.1) is 0 Å². The molecule has 8 heteroatoms. The van der Waals surface area contributed by atoms with Gasteiger partial charge in [0.15, 0.2) is 5.75 Å². The van der Waals surface area contributed by atoms with E-state index in [4.69, 9.17) is 21.8 Å². The lowest BCUT2D eigenvalue weighted by atomic mass is 10.3. The normalized spacial score (nSPS) is 11.5. The van der Waals surface area contributed by atoms with Gasteiger partial charge in [0.2, 0.25) is 5.88 Å². The molecule has 1 aromatic rings. The number of pyridine rings is 1. The Kier molecular flexibility index (Phi) is 3.25. The molecule has 0 aliphatic carbocycles. The Hall–Kier alpha value is -1.21. The molecule has 84 valence electrons. The second-order valence-corrected chi connectivity index (χ2v) is 2.85. The summed E-state index contributed by atoms with van der Waals surface area (Å²) in [6, 6.07) is 0.698. The summed E-state index contributed by atoms with van der Waals surface area (Å²) in [5.41, 5.74) is -0.387. The van der Waals surface area contributed by atoms with Crippen molar-refractivity contribution >= 4 is 11.6 Å². The number of alkyl halides is 3. The molecule has 0 aromatic carbocycles. The molecule has 15 heavy (non-hydrogen) atoms. The van der Waals surface area contributed by atoms with E-state index in [1.54, 1.807) is 0 Å². The summed E-state index contributed by atoms with van der Waals surface area (Å²) >= 11 is 5.38. The highest BCUT2D eigenvalue weighted by Crippen LogP contribution is 2.31. The van der Waals surface area contributed by atoms with Crippen LogP contribution in [-0.4, -0.2) is 21.6 Å². The largest absolute Gasteiger partial charge is 0.574 e. The second kappa shape index (κ2) is 4.11. The third-order valence-electron chi connectivity index (χ3n) is 1.36. The van der Waals surface area contributed by atoms with Crippen LogP contribution in [0.2, 0.25) is 5.02 Å². The SMILES string of the molecule is OCc1nc(OC(F)(F)F)cc(Cl)c1O. The molecular weight excluding hydrogens is 239 g/mol. The van der Waals surface area contributed by atoms with Gasteiger partial charge in [-0.15, -0.1) is 13.2 Å². The van der Waals surface area contributed by atoms with Crippen LogP contribution in [0.15, 0.2) is 6.07 Å². The minimum atomic E-state index is -4.90. The van der Waals surface area contributed by atoms with Crippen molar-refractivity contribution in [2.24, 2.45) is 0 Å². The van der Waals surface area contributed by atoms with Crippen molar-refractivity contribution in [2.45, 2.75) is 13.0 Å². The van der Waals surface area contributed by atoms with Crippen LogP contribution < -0.4 is 4.74 Å². The van der Waals surface area contributed by atoms with Crippen molar-refractivity contribution in [3.63, 3.8) is 0 Å². The van der Waals surface area contributed by atoms with Gasteiger partial charge in [-0.05, 0) is 0 Å². The van der Waals surface area contributed by atoms with E-state index < -0.39 is 24.6 Å². The quantitative estimate of drug-likeness (QED) is 0.832. The van der Waals surface area contributed by atoms with Gasteiger partial charge < -0.3 is 14.9 Å². The van der Waals surface area contributed by atoms with E-state index >= 15 is 0 Å². The first kappa shape index (κ1) is 11.9. The maximum atomic E-state index is 11.8. The third-order valence-corrected chi connectivity index (χ3v) is 1.65. The van der Waals surface area contributed by atoms with E-state index in [0.717, 1.165) is 0 Å². The number of rotatable bonds is 2. The monoisotopic (exact) mass is 243 g/mol. The number of ether oxygens (including phenoxy) is 1. The van der Waals surface area contributed by atoms with Crippen molar-refractivity contribution in [1.29, 1.82) is 0 Å². The standard InChI is InChI=1S/C7H5ClF3NO3/c8-3-1-5(15-7(9,10)11)12-4(2-13)6(3)14/h1,13-14H,2H2. The van der Waals surface area contributed by atoms with Gasteiger partial charge in [0, 0.05) is 6.07 Å². The molecule has 1 aromatic heterocycles. The van der Waals surface area contributed by atoms with E-state index in [2.05, 4.69) is 9.72 Å². The van der Waals surface area contributed by atoms with Gasteiger partial charge in [-0.2, -0.15) is 0 Å². The number of halogens is 4. The van der Waals surface area contributed by atoms with Crippen LogP contribution in [0.1, 0.15) is 5.69 Å². The minimum absolute atomic E-state index is 0.381. The lowest BCUT2D eigenvalue weighted by molar-refractivity contribution is -0.276. The van der Waals surface area contributed by atoms with Gasteiger partial charge in [0.1, 0.15) is 5.69 Å². The molecule has 0 amide bonds. The molecule has 0 aliphatic rings. The highest BCUT2D eigenvalue weighted by Gasteiger charge is 2.32. The van der Waals surface area contributed by atoms with Gasteiger partial charge in [-0.25, -0.2) is 4.98 Å². The number of aliphatic hydroxyl groups excluding tert-OH is 1. The van der Waals surface area contributed by atoms with Crippen molar-refractivity contribution in [3.05, 3.63) is 16.8 Å². The van der Waals surface area contributed by atoms with E-state index in [1.807, 2.05) is 0 Å². The van der Waals surface area contributed by atoms with Gasteiger partial charge in [-0.1, -0.05) is 11.6 Å². The molecule has 0 bridgehead atoms. The molecule has 0 fully saturated rings. The fraction of sp³-hybridized carbons (Fsp3) is 0.286.